The standard InChI is InChI=1S/C20H18FN3O10.C6H13NO/c21-12-6-2-1-5-11(12)19(30,31)34-13-7-3-4-9-10(13)8-24(14(9)25)17(22)15(26)23-16(27)18(28,29)20(17,32)33;1-2-7-3-5-8-6-4-7/h1-7,28-33H,8,22H2,(H,23,26,27);2-6H2,1H3. The van der Waals surface area contributed by atoms with Gasteiger partial charge in [0.1, 0.15) is 11.6 Å². The van der Waals surface area contributed by atoms with Gasteiger partial charge in [0.15, 0.2) is 0 Å². The Labute approximate surface area is 238 Å². The second kappa shape index (κ2) is 11.3. The highest BCUT2D eigenvalue weighted by molar-refractivity contribution is 6.10. The molecule has 2 saturated heterocycles. The Balaban J connectivity index is 0.000000437. The number of hydrogen-bond acceptors (Lipinski definition) is 13. The van der Waals surface area contributed by atoms with E-state index in [-0.39, 0.29) is 11.1 Å². The van der Waals surface area contributed by atoms with E-state index in [1.54, 1.807) is 0 Å². The minimum atomic E-state index is -4.08. The lowest BCUT2D eigenvalue weighted by molar-refractivity contribution is -0.374. The number of aliphatic hydroxyl groups is 6. The number of ether oxygens (including phenoxy) is 2. The highest BCUT2D eigenvalue weighted by Crippen LogP contribution is 2.42. The van der Waals surface area contributed by atoms with Gasteiger partial charge in [0, 0.05) is 24.2 Å². The predicted molar refractivity (Wildman–Crippen MR) is 137 cm³/mol. The summed E-state index contributed by atoms with van der Waals surface area (Å²) in [6, 6.07) is 8.17. The van der Waals surface area contributed by atoms with Gasteiger partial charge in [-0.3, -0.25) is 30.3 Å². The van der Waals surface area contributed by atoms with Crippen LogP contribution in [0.3, 0.4) is 0 Å². The maximum Gasteiger partial charge on any atom is 0.354 e. The van der Waals surface area contributed by atoms with Crippen LogP contribution < -0.4 is 15.8 Å². The van der Waals surface area contributed by atoms with Gasteiger partial charge in [0.2, 0.25) is 5.66 Å². The number of nitrogens with one attached hydrogen (secondary N) is 1. The predicted octanol–water partition coefficient (Wildman–Crippen LogP) is -3.03. The summed E-state index contributed by atoms with van der Waals surface area (Å²) in [7, 11) is 0. The van der Waals surface area contributed by atoms with E-state index >= 15 is 0 Å². The molecule has 2 fully saturated rings. The minimum absolute atomic E-state index is 0.150. The molecule has 0 radical (unpaired) electrons. The van der Waals surface area contributed by atoms with E-state index in [2.05, 4.69) is 11.8 Å². The third kappa shape index (κ3) is 5.13. The lowest BCUT2D eigenvalue weighted by Gasteiger charge is -2.51. The summed E-state index contributed by atoms with van der Waals surface area (Å²) in [4.78, 5) is 39.9. The fourth-order valence-corrected chi connectivity index (χ4v) is 4.71. The van der Waals surface area contributed by atoms with Crippen molar-refractivity contribution < 1.29 is 58.9 Å². The first-order chi connectivity index (χ1) is 19.6. The number of likely N-dealkylation sites (N-methyl/N-ethyl adjacent to an activating group) is 1. The first kappa shape index (κ1) is 31.4. The van der Waals surface area contributed by atoms with E-state index in [4.69, 9.17) is 15.2 Å². The fourth-order valence-electron chi connectivity index (χ4n) is 4.71. The number of morpholine rings is 1. The lowest BCUT2D eigenvalue weighted by Crippen LogP contribution is -2.88. The molecule has 0 saturated carbocycles. The number of imide groups is 1. The molecule has 1 unspecified atom stereocenters. The molecule has 3 aliphatic heterocycles. The summed E-state index contributed by atoms with van der Waals surface area (Å²) >= 11 is 0. The third-order valence-electron chi connectivity index (χ3n) is 7.29. The molecule has 3 aliphatic rings. The molecule has 0 spiro atoms. The van der Waals surface area contributed by atoms with Gasteiger partial charge in [-0.2, -0.15) is 0 Å². The molecule has 0 bridgehead atoms. The second-order valence-electron chi connectivity index (χ2n) is 9.80. The lowest BCUT2D eigenvalue weighted by atomic mass is 9.84. The van der Waals surface area contributed by atoms with Crippen LogP contribution in [0.25, 0.3) is 0 Å². The van der Waals surface area contributed by atoms with Gasteiger partial charge in [0.25, 0.3) is 23.5 Å². The zero-order valence-corrected chi connectivity index (χ0v) is 22.4. The van der Waals surface area contributed by atoms with E-state index in [0.29, 0.717) is 4.90 Å². The molecule has 228 valence electrons. The van der Waals surface area contributed by atoms with Gasteiger partial charge in [-0.05, 0) is 30.8 Å². The second-order valence-corrected chi connectivity index (χ2v) is 9.80. The zero-order chi connectivity index (χ0) is 31.1. The maximum absolute atomic E-state index is 14.1. The summed E-state index contributed by atoms with van der Waals surface area (Å²) in [5, 5.41) is 62.6. The van der Waals surface area contributed by atoms with Crippen molar-refractivity contribution in [3.05, 3.63) is 65.0 Å². The normalized spacial score (nSPS) is 23.5. The van der Waals surface area contributed by atoms with Crippen molar-refractivity contribution in [3.63, 3.8) is 0 Å². The van der Waals surface area contributed by atoms with Gasteiger partial charge >= 0.3 is 11.8 Å². The summed E-state index contributed by atoms with van der Waals surface area (Å²) in [6.07, 6.45) is 0. The van der Waals surface area contributed by atoms with Crippen molar-refractivity contribution in [1.29, 1.82) is 0 Å². The van der Waals surface area contributed by atoms with Gasteiger partial charge < -0.3 is 45.0 Å². The van der Waals surface area contributed by atoms with E-state index in [0.717, 1.165) is 38.4 Å². The van der Waals surface area contributed by atoms with Gasteiger partial charge in [-0.25, -0.2) is 4.39 Å². The molecular weight excluding hydrogens is 563 g/mol. The quantitative estimate of drug-likeness (QED) is 0.127. The number of benzene rings is 2. The van der Waals surface area contributed by atoms with Crippen molar-refractivity contribution >= 4 is 17.7 Å². The van der Waals surface area contributed by atoms with Crippen molar-refractivity contribution in [2.45, 2.75) is 36.7 Å². The van der Waals surface area contributed by atoms with E-state index in [1.165, 1.54) is 42.2 Å². The van der Waals surface area contributed by atoms with Crippen molar-refractivity contribution in [2.24, 2.45) is 5.73 Å². The van der Waals surface area contributed by atoms with E-state index < -0.39 is 64.6 Å². The third-order valence-corrected chi connectivity index (χ3v) is 7.29. The number of piperidine rings is 1. The topological polar surface area (TPSA) is 236 Å². The average molecular weight is 595 g/mol. The van der Waals surface area contributed by atoms with Crippen LogP contribution in [0.1, 0.15) is 28.4 Å². The van der Waals surface area contributed by atoms with Crippen LogP contribution in [-0.2, 0) is 26.8 Å². The smallest absolute Gasteiger partial charge is 0.354 e. The van der Waals surface area contributed by atoms with Crippen molar-refractivity contribution in [3.8, 4) is 5.75 Å². The molecule has 5 rings (SSSR count). The molecule has 42 heavy (non-hydrogen) atoms. The van der Waals surface area contributed by atoms with Crippen molar-refractivity contribution in [2.75, 3.05) is 32.8 Å². The van der Waals surface area contributed by atoms with Gasteiger partial charge in [0.05, 0.1) is 25.3 Å². The Morgan fingerprint density at radius 3 is 2.26 bits per heavy atom. The van der Waals surface area contributed by atoms with Crippen LogP contribution in [0, 0.1) is 5.82 Å². The molecule has 16 heteroatoms. The van der Waals surface area contributed by atoms with Crippen LogP contribution in [0.4, 0.5) is 4.39 Å². The van der Waals surface area contributed by atoms with Crippen LogP contribution in [-0.4, -0.2) is 108 Å². The summed E-state index contributed by atoms with van der Waals surface area (Å²) in [5.41, 5.74) is 1.44. The number of carbonyl (C=O) groups excluding carboxylic acids is 3. The number of carbonyl (C=O) groups is 3. The number of halogens is 1. The fraction of sp³-hybridized carbons (Fsp3) is 0.423. The SMILES string of the molecule is CCN1CCOCC1.NC1(N2Cc3c(OC(O)(O)c4ccccc4F)cccc3C2=O)C(=O)NC(=O)C(O)(O)C1(O)O. The Hall–Kier alpha value is -3.58. The maximum atomic E-state index is 14.1. The first-order valence-corrected chi connectivity index (χ1v) is 12.8. The van der Waals surface area contributed by atoms with E-state index in [1.807, 2.05) is 0 Å². The van der Waals surface area contributed by atoms with Gasteiger partial charge in [-0.15, -0.1) is 0 Å². The Morgan fingerprint density at radius 2 is 1.67 bits per heavy atom. The number of hydrogen-bond donors (Lipinski definition) is 8. The molecule has 15 nitrogen and oxygen atoms in total. The highest BCUT2D eigenvalue weighted by Gasteiger charge is 2.75. The molecule has 0 aromatic heterocycles. The monoisotopic (exact) mass is 594 g/mol. The summed E-state index contributed by atoms with van der Waals surface area (Å²) in [5.74, 6) is -17.4. The van der Waals surface area contributed by atoms with Gasteiger partial charge in [-0.1, -0.05) is 25.1 Å². The van der Waals surface area contributed by atoms with Crippen LogP contribution in [0.2, 0.25) is 0 Å². The summed E-state index contributed by atoms with van der Waals surface area (Å²) in [6.45, 7) is 6.69. The highest BCUT2D eigenvalue weighted by atomic mass is 19.1. The molecule has 1 atom stereocenters. The molecule has 0 aliphatic carbocycles. The number of nitrogens with zero attached hydrogens (tertiary/aromatic N) is 2. The Morgan fingerprint density at radius 1 is 1.02 bits per heavy atom. The van der Waals surface area contributed by atoms with Crippen LogP contribution in [0.15, 0.2) is 42.5 Å². The van der Waals surface area contributed by atoms with Crippen LogP contribution in [0.5, 0.6) is 5.75 Å². The first-order valence-electron chi connectivity index (χ1n) is 12.8. The zero-order valence-electron chi connectivity index (χ0n) is 22.4. The average Bonchev–Trinajstić information content (AvgIpc) is 3.30. The Bertz CT molecular complexity index is 1380. The minimum Gasteiger partial charge on any atom is -0.435 e. The largest absolute Gasteiger partial charge is 0.435 e. The summed E-state index contributed by atoms with van der Waals surface area (Å²) < 4.78 is 24.4. The number of nitrogens with two attached hydrogens (primary N) is 1. The molecule has 2 aromatic carbocycles. The van der Waals surface area contributed by atoms with E-state index in [9.17, 15) is 49.4 Å². The molecule has 3 heterocycles. The molecule has 3 amide bonds. The molecule has 9 N–H and O–H groups in total. The Kier molecular flexibility index (Phi) is 8.40. The molecular formula is C26H31FN4O11. The molecule has 2 aromatic rings. The number of amides is 3. The number of rotatable bonds is 5. The van der Waals surface area contributed by atoms with Crippen molar-refractivity contribution in [1.82, 2.24) is 15.1 Å². The van der Waals surface area contributed by atoms with Crippen LogP contribution >= 0.6 is 0 Å². The number of fused-ring (bicyclic) bond motifs is 1.